The molecule has 0 aliphatic carbocycles. The van der Waals surface area contributed by atoms with Crippen molar-refractivity contribution in [3.63, 3.8) is 0 Å². The Morgan fingerprint density at radius 2 is 1.76 bits per heavy atom. The van der Waals surface area contributed by atoms with Crippen molar-refractivity contribution in [2.75, 3.05) is 77.1 Å². The second-order valence-corrected chi connectivity index (χ2v) is 13.2. The number of fused-ring (bicyclic) bond motifs is 1. The molecule has 1 aliphatic heterocycles. The van der Waals surface area contributed by atoms with E-state index in [2.05, 4.69) is 25.5 Å². The molecular formula is C30H39F2N7O6S. The van der Waals surface area contributed by atoms with Crippen molar-refractivity contribution in [3.8, 4) is 0 Å². The van der Waals surface area contributed by atoms with E-state index in [0.29, 0.717) is 24.1 Å². The van der Waals surface area contributed by atoms with E-state index in [1.165, 1.54) is 7.11 Å². The largest absolute Gasteiger partial charge is 0.451 e. The Labute approximate surface area is 267 Å². The van der Waals surface area contributed by atoms with Gasteiger partial charge in [0.25, 0.3) is 5.91 Å². The van der Waals surface area contributed by atoms with Gasteiger partial charge in [-0.1, -0.05) is 0 Å². The van der Waals surface area contributed by atoms with Crippen LogP contribution in [0.15, 0.2) is 41.3 Å². The van der Waals surface area contributed by atoms with Gasteiger partial charge in [-0.25, -0.2) is 22.0 Å². The number of carbonyl (C=O) groups is 2. The van der Waals surface area contributed by atoms with Crippen molar-refractivity contribution < 1.29 is 36.3 Å². The molecule has 46 heavy (non-hydrogen) atoms. The number of methoxy groups -OCH3 is 2. The van der Waals surface area contributed by atoms with Crippen molar-refractivity contribution in [3.05, 3.63) is 64.9 Å². The lowest BCUT2D eigenvalue weighted by atomic mass is 10.1. The van der Waals surface area contributed by atoms with E-state index in [-0.39, 0.29) is 42.5 Å². The third kappa shape index (κ3) is 7.81. The second kappa shape index (κ2) is 14.5. The number of nitrogens with one attached hydrogen (secondary N) is 2. The maximum absolute atomic E-state index is 13.9. The normalized spacial score (nSPS) is 14.1. The molecule has 4 rings (SSSR count). The molecule has 0 unspecified atom stereocenters. The van der Waals surface area contributed by atoms with Crippen LogP contribution in [-0.4, -0.2) is 107 Å². The minimum absolute atomic E-state index is 0.0135. The van der Waals surface area contributed by atoms with Crippen LogP contribution in [0.1, 0.15) is 28.5 Å². The number of hydrogen-bond acceptors (Lipinski definition) is 10. The zero-order valence-corrected chi connectivity index (χ0v) is 27.5. The number of hydrogen-bond donors (Lipinski definition) is 2. The lowest BCUT2D eigenvalue weighted by Crippen LogP contribution is -2.37. The van der Waals surface area contributed by atoms with Crippen molar-refractivity contribution in [2.24, 2.45) is 0 Å². The Kier molecular flexibility index (Phi) is 11.0. The van der Waals surface area contributed by atoms with Crippen molar-refractivity contribution >= 4 is 39.2 Å². The number of carbonyl (C=O) groups excluding carboxylic acids is 2. The highest BCUT2D eigenvalue weighted by Gasteiger charge is 2.35. The van der Waals surface area contributed by atoms with Gasteiger partial charge in [0.1, 0.15) is 11.6 Å². The molecule has 13 nitrogen and oxygen atoms in total. The van der Waals surface area contributed by atoms with E-state index in [1.807, 2.05) is 40.2 Å². The van der Waals surface area contributed by atoms with Crippen LogP contribution in [0.2, 0.25) is 0 Å². The second-order valence-electron chi connectivity index (χ2n) is 11.3. The first-order valence-electron chi connectivity index (χ1n) is 14.5. The summed E-state index contributed by atoms with van der Waals surface area (Å²) in [6.07, 6.45) is -0.819. The summed E-state index contributed by atoms with van der Waals surface area (Å²) in [6, 6.07) is 7.21. The van der Waals surface area contributed by atoms with Crippen molar-refractivity contribution in [2.45, 2.75) is 30.8 Å². The predicted molar refractivity (Wildman–Crippen MR) is 169 cm³/mol. The fourth-order valence-corrected chi connectivity index (χ4v) is 6.51. The highest BCUT2D eigenvalue weighted by Crippen LogP contribution is 2.32. The summed E-state index contributed by atoms with van der Waals surface area (Å²) in [5.41, 5.74) is 2.24. The first-order chi connectivity index (χ1) is 21.7. The fourth-order valence-electron chi connectivity index (χ4n) is 5.06. The topological polar surface area (TPSA) is 138 Å². The predicted octanol–water partition coefficient (Wildman–Crippen LogP) is 3.22. The van der Waals surface area contributed by atoms with Crippen LogP contribution in [0.5, 0.6) is 0 Å². The molecule has 2 heterocycles. The summed E-state index contributed by atoms with van der Waals surface area (Å²) in [6.45, 7) is 3.40. The van der Waals surface area contributed by atoms with Gasteiger partial charge in [0, 0.05) is 75.8 Å². The Morgan fingerprint density at radius 3 is 2.39 bits per heavy atom. The Hall–Kier alpha value is -4.12. The zero-order valence-electron chi connectivity index (χ0n) is 26.6. The molecule has 0 saturated heterocycles. The number of aromatic nitrogens is 2. The molecule has 16 heteroatoms. The van der Waals surface area contributed by atoms with Crippen molar-refractivity contribution in [1.82, 2.24) is 19.0 Å². The van der Waals surface area contributed by atoms with Crippen LogP contribution in [-0.2, 0) is 32.5 Å². The Morgan fingerprint density at radius 1 is 1.07 bits per heavy atom. The molecule has 0 bridgehead atoms. The molecule has 1 aromatic heterocycles. The van der Waals surface area contributed by atoms with E-state index in [0.717, 1.165) is 39.9 Å². The van der Waals surface area contributed by atoms with E-state index in [4.69, 9.17) is 9.47 Å². The van der Waals surface area contributed by atoms with Crippen LogP contribution >= 0.6 is 0 Å². The summed E-state index contributed by atoms with van der Waals surface area (Å²) in [5, 5.41) is 10.3. The quantitative estimate of drug-likeness (QED) is 0.297. The van der Waals surface area contributed by atoms with E-state index in [1.54, 1.807) is 13.2 Å². The monoisotopic (exact) mass is 663 g/mol. The number of nitrogens with zero attached hydrogens (tertiary/aromatic N) is 5. The number of benzene rings is 2. The van der Waals surface area contributed by atoms with Gasteiger partial charge in [-0.05, 0) is 51.4 Å². The highest BCUT2D eigenvalue weighted by atomic mass is 32.2. The van der Waals surface area contributed by atoms with Gasteiger partial charge < -0.3 is 29.9 Å². The molecule has 3 aromatic rings. The third-order valence-electron chi connectivity index (χ3n) is 7.47. The summed E-state index contributed by atoms with van der Waals surface area (Å²) < 4.78 is 66.7. The minimum atomic E-state index is -4.35. The SMILES string of the molecule is COC[C@@H](C)Nc1cc(N(C)CCN(C)C)ccc1C(=O)Nc1nn(C(=O)OC)c2c1CN(S(=O)(=O)c1cc(F)cc(F)c1)CC2. The molecule has 1 atom stereocenters. The molecule has 0 radical (unpaired) electrons. The molecule has 0 fully saturated rings. The van der Waals surface area contributed by atoms with Gasteiger partial charge in [0.15, 0.2) is 5.82 Å². The summed E-state index contributed by atoms with van der Waals surface area (Å²) >= 11 is 0. The van der Waals surface area contributed by atoms with Gasteiger partial charge in [-0.2, -0.15) is 8.99 Å². The average molecular weight is 664 g/mol. The Bertz CT molecular complexity index is 1680. The molecule has 1 amide bonds. The van der Waals surface area contributed by atoms with Crippen LogP contribution in [0.25, 0.3) is 0 Å². The molecule has 250 valence electrons. The number of sulfonamides is 1. The zero-order chi connectivity index (χ0) is 33.8. The molecule has 2 aromatic carbocycles. The maximum Gasteiger partial charge on any atom is 0.434 e. The van der Waals surface area contributed by atoms with Gasteiger partial charge in [0.2, 0.25) is 10.0 Å². The molecule has 0 saturated carbocycles. The van der Waals surface area contributed by atoms with Gasteiger partial charge in [-0.15, -0.1) is 5.10 Å². The number of ether oxygens (including phenoxy) is 2. The molecule has 1 aliphatic rings. The van der Waals surface area contributed by atoms with E-state index >= 15 is 0 Å². The first-order valence-corrected chi connectivity index (χ1v) is 15.9. The molecule has 2 N–H and O–H groups in total. The van der Waals surface area contributed by atoms with Crippen LogP contribution in [0.3, 0.4) is 0 Å². The number of rotatable bonds is 12. The van der Waals surface area contributed by atoms with Crippen LogP contribution < -0.4 is 15.5 Å². The molecule has 0 spiro atoms. The van der Waals surface area contributed by atoms with Gasteiger partial charge in [-0.3, -0.25) is 4.79 Å². The smallest absolute Gasteiger partial charge is 0.434 e. The Balaban J connectivity index is 1.69. The van der Waals surface area contributed by atoms with E-state index < -0.39 is 38.6 Å². The summed E-state index contributed by atoms with van der Waals surface area (Å²) in [7, 11) is 4.31. The number of amides is 1. The van der Waals surface area contributed by atoms with Gasteiger partial charge in [0.05, 0.1) is 29.9 Å². The molecular weight excluding hydrogens is 624 g/mol. The fraction of sp³-hybridized carbons (Fsp3) is 0.433. The minimum Gasteiger partial charge on any atom is -0.451 e. The van der Waals surface area contributed by atoms with Crippen LogP contribution in [0, 0.1) is 11.6 Å². The maximum atomic E-state index is 13.9. The lowest BCUT2D eigenvalue weighted by Gasteiger charge is -2.27. The average Bonchev–Trinajstić information content (AvgIpc) is 3.36. The number of halogens is 2. The summed E-state index contributed by atoms with van der Waals surface area (Å²) in [4.78, 5) is 29.9. The van der Waals surface area contributed by atoms with Crippen molar-refractivity contribution in [1.29, 1.82) is 0 Å². The summed E-state index contributed by atoms with van der Waals surface area (Å²) in [5.74, 6) is -2.71. The number of anilines is 3. The lowest BCUT2D eigenvalue weighted by molar-refractivity contribution is 0.102. The van der Waals surface area contributed by atoms with Gasteiger partial charge >= 0.3 is 6.09 Å². The third-order valence-corrected chi connectivity index (χ3v) is 9.29. The first kappa shape index (κ1) is 34.7. The van der Waals surface area contributed by atoms with Crippen LogP contribution in [0.4, 0.5) is 30.8 Å². The number of likely N-dealkylation sites (N-methyl/N-ethyl adjacent to an activating group) is 2. The standard InChI is InChI=1S/C30H39F2N7O6S/c1-19(18-44-5)33-26-16-22(37(4)12-11-36(2)3)7-8-24(26)29(40)34-28-25-17-38(10-9-27(25)39(35-28)30(41)45-6)46(42,43)23-14-20(31)13-21(32)15-23/h7-8,13-16,19,33H,9-12,17-18H2,1-6H3,(H,34,35,40)/t19-/m1/s1. The van der Waals surface area contributed by atoms with E-state index in [9.17, 15) is 26.8 Å². The highest BCUT2D eigenvalue weighted by molar-refractivity contribution is 7.89.